The molecule has 0 unspecified atom stereocenters. The Kier molecular flexibility index (Phi) is 6.54. The molecule has 1 atom stereocenters. The highest BCUT2D eigenvalue weighted by Gasteiger charge is 2.16. The Bertz CT molecular complexity index is 406. The van der Waals surface area contributed by atoms with Gasteiger partial charge in [0.2, 0.25) is 0 Å². The van der Waals surface area contributed by atoms with Crippen molar-refractivity contribution in [3.63, 3.8) is 0 Å². The van der Waals surface area contributed by atoms with Crippen LogP contribution in [-0.2, 0) is 0 Å². The number of benzene rings is 1. The minimum atomic E-state index is -0.184. The molecule has 0 radical (unpaired) electrons. The Balaban J connectivity index is 2.77. The summed E-state index contributed by atoms with van der Waals surface area (Å²) < 4.78 is 0. The molecule has 1 aromatic carbocycles. The van der Waals surface area contributed by atoms with Crippen molar-refractivity contribution < 1.29 is 9.90 Å². The second kappa shape index (κ2) is 7.67. The van der Waals surface area contributed by atoms with Crippen LogP contribution in [0.5, 0.6) is 0 Å². The van der Waals surface area contributed by atoms with E-state index in [0.717, 1.165) is 11.3 Å². The lowest BCUT2D eigenvalue weighted by molar-refractivity contribution is 0.0935. The molecular weight excluding hydrogens is 270 g/mol. The minimum absolute atomic E-state index is 0.0333. The van der Waals surface area contributed by atoms with Crippen LogP contribution >= 0.6 is 23.4 Å². The van der Waals surface area contributed by atoms with Gasteiger partial charge in [0, 0.05) is 18.4 Å². The molecule has 0 aliphatic carbocycles. The van der Waals surface area contributed by atoms with E-state index in [1.807, 2.05) is 25.3 Å². The number of carbonyl (C=O) groups excluding carboxylic acids is 1. The summed E-state index contributed by atoms with van der Waals surface area (Å²) in [6.45, 7) is 1.93. The van der Waals surface area contributed by atoms with Crippen LogP contribution in [0.4, 0.5) is 0 Å². The summed E-state index contributed by atoms with van der Waals surface area (Å²) in [4.78, 5) is 12.1. The summed E-state index contributed by atoms with van der Waals surface area (Å²) in [6.07, 6.45) is 2.52. The largest absolute Gasteiger partial charge is 0.396 e. The number of halogens is 1. The van der Waals surface area contributed by atoms with Crippen molar-refractivity contribution in [2.45, 2.75) is 19.4 Å². The van der Waals surface area contributed by atoms with Crippen molar-refractivity contribution in [1.82, 2.24) is 5.32 Å². The SMILES string of the molecule is CSC[C@H](CCO)NC(=O)c1cccc(C)c1Cl. The summed E-state index contributed by atoms with van der Waals surface area (Å²) in [5.41, 5.74) is 1.37. The van der Waals surface area contributed by atoms with Crippen LogP contribution in [0, 0.1) is 6.92 Å². The number of aryl methyl sites for hydroxylation is 1. The van der Waals surface area contributed by atoms with Crippen LogP contribution in [-0.4, -0.2) is 35.7 Å². The van der Waals surface area contributed by atoms with Gasteiger partial charge in [0.1, 0.15) is 0 Å². The number of aliphatic hydroxyl groups is 1. The number of amides is 1. The zero-order valence-corrected chi connectivity index (χ0v) is 12.1. The zero-order valence-electron chi connectivity index (χ0n) is 10.6. The molecule has 5 heteroatoms. The molecule has 100 valence electrons. The second-order valence-corrected chi connectivity index (χ2v) is 5.36. The Morgan fingerprint density at radius 2 is 2.28 bits per heavy atom. The number of aliphatic hydroxyl groups excluding tert-OH is 1. The van der Waals surface area contributed by atoms with Crippen molar-refractivity contribution >= 4 is 29.3 Å². The van der Waals surface area contributed by atoms with Gasteiger partial charge in [-0.3, -0.25) is 4.79 Å². The van der Waals surface area contributed by atoms with Gasteiger partial charge in [0.25, 0.3) is 5.91 Å². The average Bonchev–Trinajstić information content (AvgIpc) is 2.33. The van der Waals surface area contributed by atoms with Gasteiger partial charge in [0.05, 0.1) is 10.6 Å². The van der Waals surface area contributed by atoms with Crippen LogP contribution in [0.3, 0.4) is 0 Å². The standard InChI is InChI=1S/C13H18ClNO2S/c1-9-4-3-5-11(12(9)14)13(17)15-10(6-7-16)8-18-2/h3-5,10,16H,6-8H2,1-2H3,(H,15,17)/t10-/m0/s1. The normalized spacial score (nSPS) is 12.2. The van der Waals surface area contributed by atoms with Crippen LogP contribution < -0.4 is 5.32 Å². The first-order chi connectivity index (χ1) is 8.60. The molecule has 2 N–H and O–H groups in total. The van der Waals surface area contributed by atoms with Crippen molar-refractivity contribution in [2.24, 2.45) is 0 Å². The first kappa shape index (κ1) is 15.3. The number of thioether (sulfide) groups is 1. The summed E-state index contributed by atoms with van der Waals surface area (Å²) in [7, 11) is 0. The molecule has 1 rings (SSSR count). The Labute approximate surface area is 117 Å². The van der Waals surface area contributed by atoms with Gasteiger partial charge in [-0.2, -0.15) is 11.8 Å². The van der Waals surface area contributed by atoms with Gasteiger partial charge in [-0.15, -0.1) is 0 Å². The van der Waals surface area contributed by atoms with E-state index >= 15 is 0 Å². The van der Waals surface area contributed by atoms with Gasteiger partial charge in [-0.05, 0) is 31.2 Å². The van der Waals surface area contributed by atoms with E-state index in [4.69, 9.17) is 16.7 Å². The molecule has 0 saturated heterocycles. The van der Waals surface area contributed by atoms with Crippen molar-refractivity contribution in [1.29, 1.82) is 0 Å². The lowest BCUT2D eigenvalue weighted by atomic mass is 10.1. The van der Waals surface area contributed by atoms with E-state index in [0.29, 0.717) is 17.0 Å². The van der Waals surface area contributed by atoms with Gasteiger partial charge >= 0.3 is 0 Å². The Hall–Kier alpha value is -0.710. The zero-order chi connectivity index (χ0) is 13.5. The first-order valence-electron chi connectivity index (χ1n) is 5.76. The monoisotopic (exact) mass is 287 g/mol. The van der Waals surface area contributed by atoms with Crippen LogP contribution in [0.1, 0.15) is 22.3 Å². The first-order valence-corrected chi connectivity index (χ1v) is 7.53. The van der Waals surface area contributed by atoms with Gasteiger partial charge < -0.3 is 10.4 Å². The maximum absolute atomic E-state index is 12.1. The molecule has 18 heavy (non-hydrogen) atoms. The van der Waals surface area contributed by atoms with Crippen LogP contribution in [0.15, 0.2) is 18.2 Å². The van der Waals surface area contributed by atoms with Crippen molar-refractivity contribution in [2.75, 3.05) is 18.6 Å². The highest BCUT2D eigenvalue weighted by Crippen LogP contribution is 2.20. The molecule has 1 amide bonds. The van der Waals surface area contributed by atoms with Crippen LogP contribution in [0.2, 0.25) is 5.02 Å². The molecule has 0 heterocycles. The van der Waals surface area contributed by atoms with E-state index in [-0.39, 0.29) is 18.6 Å². The number of hydrogen-bond donors (Lipinski definition) is 2. The van der Waals surface area contributed by atoms with Crippen molar-refractivity contribution in [3.8, 4) is 0 Å². The van der Waals surface area contributed by atoms with E-state index in [9.17, 15) is 4.79 Å². The fourth-order valence-corrected chi connectivity index (χ4v) is 2.50. The lowest BCUT2D eigenvalue weighted by Crippen LogP contribution is -2.37. The lowest BCUT2D eigenvalue weighted by Gasteiger charge is -2.17. The van der Waals surface area contributed by atoms with Gasteiger partial charge in [-0.1, -0.05) is 23.7 Å². The maximum Gasteiger partial charge on any atom is 0.253 e. The second-order valence-electron chi connectivity index (χ2n) is 4.07. The molecule has 0 fully saturated rings. The van der Waals surface area contributed by atoms with Gasteiger partial charge in [0.15, 0.2) is 0 Å². The van der Waals surface area contributed by atoms with Crippen LogP contribution in [0.25, 0.3) is 0 Å². The summed E-state index contributed by atoms with van der Waals surface area (Å²) in [6, 6.07) is 5.35. The third-order valence-corrected chi connectivity index (χ3v) is 3.85. The molecule has 0 aliphatic heterocycles. The predicted octanol–water partition coefficient (Wildman–Crippen LogP) is 2.49. The number of nitrogens with one attached hydrogen (secondary N) is 1. The topological polar surface area (TPSA) is 49.3 Å². The molecule has 0 aliphatic rings. The minimum Gasteiger partial charge on any atom is -0.396 e. The fourth-order valence-electron chi connectivity index (χ4n) is 1.64. The molecule has 0 saturated carbocycles. The quantitative estimate of drug-likeness (QED) is 0.845. The maximum atomic E-state index is 12.1. The molecule has 1 aromatic rings. The summed E-state index contributed by atoms with van der Waals surface area (Å²) in [5.74, 6) is 0.589. The smallest absolute Gasteiger partial charge is 0.253 e. The summed E-state index contributed by atoms with van der Waals surface area (Å²) >= 11 is 7.75. The third kappa shape index (κ3) is 4.19. The molecule has 0 spiro atoms. The number of carbonyl (C=O) groups is 1. The highest BCUT2D eigenvalue weighted by atomic mass is 35.5. The predicted molar refractivity (Wildman–Crippen MR) is 77.5 cm³/mol. The van der Waals surface area contributed by atoms with Gasteiger partial charge in [-0.25, -0.2) is 0 Å². The van der Waals surface area contributed by atoms with E-state index in [1.165, 1.54) is 0 Å². The molecule has 0 aromatic heterocycles. The van der Waals surface area contributed by atoms with E-state index < -0.39 is 0 Å². The average molecular weight is 288 g/mol. The number of hydrogen-bond acceptors (Lipinski definition) is 3. The fraction of sp³-hybridized carbons (Fsp3) is 0.462. The molecule has 3 nitrogen and oxygen atoms in total. The van der Waals surface area contributed by atoms with E-state index in [1.54, 1.807) is 17.8 Å². The Morgan fingerprint density at radius 3 is 2.89 bits per heavy atom. The molecular formula is C13H18ClNO2S. The molecule has 0 bridgehead atoms. The van der Waals surface area contributed by atoms with Crippen molar-refractivity contribution in [3.05, 3.63) is 34.3 Å². The number of rotatable bonds is 6. The summed E-state index contributed by atoms with van der Waals surface area (Å²) in [5, 5.41) is 12.3. The Morgan fingerprint density at radius 1 is 1.56 bits per heavy atom. The third-order valence-electron chi connectivity index (χ3n) is 2.62. The van der Waals surface area contributed by atoms with E-state index in [2.05, 4.69) is 5.32 Å². The highest BCUT2D eigenvalue weighted by molar-refractivity contribution is 7.98.